The van der Waals surface area contributed by atoms with Gasteiger partial charge >= 0.3 is 0 Å². The molecule has 0 saturated carbocycles. The van der Waals surface area contributed by atoms with E-state index in [1.807, 2.05) is 11.8 Å². The van der Waals surface area contributed by atoms with Crippen molar-refractivity contribution in [3.05, 3.63) is 11.1 Å². The zero-order chi connectivity index (χ0) is 7.40. The quantitative estimate of drug-likeness (QED) is 0.619. The van der Waals surface area contributed by atoms with Crippen molar-refractivity contribution in [1.82, 2.24) is 4.90 Å². The zero-order valence-corrected chi connectivity index (χ0v) is 7.58. The summed E-state index contributed by atoms with van der Waals surface area (Å²) in [6, 6.07) is 0. The van der Waals surface area contributed by atoms with Crippen LogP contribution >= 0.6 is 11.8 Å². The van der Waals surface area contributed by atoms with Crippen molar-refractivity contribution in [2.24, 2.45) is 0 Å². The maximum absolute atomic E-state index is 2.44. The molecule has 1 rings (SSSR count). The predicted octanol–water partition coefficient (Wildman–Crippen LogP) is 2.65. The Kier molecular flexibility index (Phi) is 3.13. The van der Waals surface area contributed by atoms with E-state index in [0.717, 1.165) is 0 Å². The van der Waals surface area contributed by atoms with Crippen LogP contribution in [0.1, 0.15) is 26.7 Å². The van der Waals surface area contributed by atoms with E-state index in [2.05, 4.69) is 24.2 Å². The lowest BCUT2D eigenvalue weighted by Gasteiger charge is -2.17. The van der Waals surface area contributed by atoms with E-state index >= 15 is 0 Å². The van der Waals surface area contributed by atoms with Crippen LogP contribution in [0.25, 0.3) is 0 Å². The molecule has 1 aliphatic rings. The van der Waals surface area contributed by atoms with E-state index in [0.29, 0.717) is 0 Å². The molecule has 0 atom stereocenters. The molecule has 0 amide bonds. The van der Waals surface area contributed by atoms with Crippen molar-refractivity contribution >= 4 is 11.8 Å². The van der Waals surface area contributed by atoms with Crippen LogP contribution in [0.2, 0.25) is 0 Å². The average Bonchev–Trinajstić information content (AvgIpc) is 2.31. The van der Waals surface area contributed by atoms with Crippen molar-refractivity contribution in [3.8, 4) is 0 Å². The summed E-state index contributed by atoms with van der Waals surface area (Å²) in [6.07, 6.45) is 2.63. The van der Waals surface area contributed by atoms with Crippen LogP contribution in [-0.2, 0) is 0 Å². The van der Waals surface area contributed by atoms with Gasteiger partial charge in [0.1, 0.15) is 0 Å². The van der Waals surface area contributed by atoms with Gasteiger partial charge in [0.25, 0.3) is 0 Å². The SMILES string of the molecule is CCCCN1CSC=C1C. The topological polar surface area (TPSA) is 3.24 Å². The monoisotopic (exact) mass is 157 g/mol. The second-order valence-corrected chi connectivity index (χ2v) is 3.50. The Morgan fingerprint density at radius 1 is 1.70 bits per heavy atom. The Hall–Kier alpha value is -0.110. The van der Waals surface area contributed by atoms with Crippen LogP contribution in [0.15, 0.2) is 11.1 Å². The predicted molar refractivity (Wildman–Crippen MR) is 47.8 cm³/mol. The van der Waals surface area contributed by atoms with Crippen molar-refractivity contribution in [2.75, 3.05) is 12.4 Å². The first-order valence-corrected chi connectivity index (χ1v) is 4.92. The highest BCUT2D eigenvalue weighted by Crippen LogP contribution is 2.22. The smallest absolute Gasteiger partial charge is 0.0677 e. The number of hydrogen-bond acceptors (Lipinski definition) is 2. The molecule has 1 nitrogen and oxygen atoms in total. The molecule has 1 aliphatic heterocycles. The third kappa shape index (κ3) is 1.94. The summed E-state index contributed by atoms with van der Waals surface area (Å²) in [6.45, 7) is 5.67. The van der Waals surface area contributed by atoms with Gasteiger partial charge in [-0.05, 0) is 18.8 Å². The van der Waals surface area contributed by atoms with E-state index < -0.39 is 0 Å². The van der Waals surface area contributed by atoms with Crippen LogP contribution in [-0.4, -0.2) is 17.3 Å². The van der Waals surface area contributed by atoms with E-state index in [4.69, 9.17) is 0 Å². The van der Waals surface area contributed by atoms with E-state index in [1.54, 1.807) is 0 Å². The number of rotatable bonds is 3. The number of unbranched alkanes of at least 4 members (excludes halogenated alkanes) is 1. The zero-order valence-electron chi connectivity index (χ0n) is 6.76. The van der Waals surface area contributed by atoms with E-state index in [-0.39, 0.29) is 0 Å². The molecule has 0 fully saturated rings. The minimum absolute atomic E-state index is 1.17. The number of allylic oxidation sites excluding steroid dienone is 1. The molecule has 0 aromatic heterocycles. The molecule has 2 heteroatoms. The standard InChI is InChI=1S/C8H15NS/c1-3-4-5-9-7-10-6-8(9)2/h6H,3-5,7H2,1-2H3. The Morgan fingerprint density at radius 2 is 2.50 bits per heavy atom. The van der Waals surface area contributed by atoms with Gasteiger partial charge in [-0.1, -0.05) is 13.3 Å². The average molecular weight is 157 g/mol. The second kappa shape index (κ2) is 3.91. The number of thioether (sulfide) groups is 1. The molecule has 0 aromatic rings. The summed E-state index contributed by atoms with van der Waals surface area (Å²) >= 11 is 1.90. The lowest BCUT2D eigenvalue weighted by atomic mass is 10.3. The Bertz CT molecular complexity index is 131. The van der Waals surface area contributed by atoms with Crippen LogP contribution in [0.4, 0.5) is 0 Å². The highest BCUT2D eigenvalue weighted by Gasteiger charge is 2.09. The third-order valence-corrected chi connectivity index (χ3v) is 2.73. The van der Waals surface area contributed by atoms with Crippen LogP contribution < -0.4 is 0 Å². The second-order valence-electron chi connectivity index (χ2n) is 2.67. The normalized spacial score (nSPS) is 17.8. The lowest BCUT2D eigenvalue weighted by molar-refractivity contribution is 0.400. The fourth-order valence-electron chi connectivity index (χ4n) is 1.01. The van der Waals surface area contributed by atoms with Gasteiger partial charge in [-0.2, -0.15) is 0 Å². The Labute approximate surface area is 67.5 Å². The van der Waals surface area contributed by atoms with Crippen LogP contribution in [0.5, 0.6) is 0 Å². The first-order chi connectivity index (χ1) is 4.84. The molecular formula is C8H15NS. The maximum atomic E-state index is 2.44. The molecule has 1 heterocycles. The van der Waals surface area contributed by atoms with Crippen LogP contribution in [0, 0.1) is 0 Å². The first kappa shape index (κ1) is 7.99. The molecule has 58 valence electrons. The summed E-state index contributed by atoms with van der Waals surface area (Å²) in [5, 5.41) is 2.25. The Morgan fingerprint density at radius 3 is 3.00 bits per heavy atom. The number of hydrogen-bond donors (Lipinski definition) is 0. The van der Waals surface area contributed by atoms with Crippen LogP contribution in [0.3, 0.4) is 0 Å². The lowest BCUT2D eigenvalue weighted by Crippen LogP contribution is -2.18. The third-order valence-electron chi connectivity index (χ3n) is 1.76. The van der Waals surface area contributed by atoms with Crippen molar-refractivity contribution in [1.29, 1.82) is 0 Å². The van der Waals surface area contributed by atoms with Gasteiger partial charge in [0, 0.05) is 12.2 Å². The van der Waals surface area contributed by atoms with Gasteiger partial charge in [0.2, 0.25) is 0 Å². The molecule has 0 spiro atoms. The molecule has 0 aromatic carbocycles. The molecule has 0 saturated heterocycles. The molecular weight excluding hydrogens is 142 g/mol. The van der Waals surface area contributed by atoms with Crippen molar-refractivity contribution < 1.29 is 0 Å². The molecule has 0 unspecified atom stereocenters. The van der Waals surface area contributed by atoms with E-state index in [9.17, 15) is 0 Å². The summed E-state index contributed by atoms with van der Waals surface area (Å²) in [5.74, 6) is 1.17. The summed E-state index contributed by atoms with van der Waals surface area (Å²) in [5.41, 5.74) is 1.44. The fraction of sp³-hybridized carbons (Fsp3) is 0.750. The fourth-order valence-corrected chi connectivity index (χ4v) is 1.99. The first-order valence-electron chi connectivity index (χ1n) is 3.88. The van der Waals surface area contributed by atoms with E-state index in [1.165, 1.54) is 31.0 Å². The van der Waals surface area contributed by atoms with Crippen molar-refractivity contribution in [3.63, 3.8) is 0 Å². The molecule has 0 bridgehead atoms. The van der Waals surface area contributed by atoms with Gasteiger partial charge in [-0.25, -0.2) is 0 Å². The minimum Gasteiger partial charge on any atom is -0.365 e. The minimum atomic E-state index is 1.17. The molecule has 0 aliphatic carbocycles. The van der Waals surface area contributed by atoms with Gasteiger partial charge in [-0.3, -0.25) is 0 Å². The van der Waals surface area contributed by atoms with Gasteiger partial charge in [-0.15, -0.1) is 11.8 Å². The van der Waals surface area contributed by atoms with Crippen molar-refractivity contribution in [2.45, 2.75) is 26.7 Å². The molecule has 0 radical (unpaired) electrons. The maximum Gasteiger partial charge on any atom is 0.0677 e. The highest BCUT2D eigenvalue weighted by molar-refractivity contribution is 8.02. The molecule has 0 N–H and O–H groups in total. The number of nitrogens with zero attached hydrogens (tertiary/aromatic N) is 1. The highest BCUT2D eigenvalue weighted by atomic mass is 32.2. The summed E-state index contributed by atoms with van der Waals surface area (Å²) < 4.78 is 0. The summed E-state index contributed by atoms with van der Waals surface area (Å²) in [7, 11) is 0. The van der Waals surface area contributed by atoms with Gasteiger partial charge in [0.15, 0.2) is 0 Å². The van der Waals surface area contributed by atoms with Gasteiger partial charge in [0.05, 0.1) is 5.88 Å². The largest absolute Gasteiger partial charge is 0.365 e. The van der Waals surface area contributed by atoms with Gasteiger partial charge < -0.3 is 4.90 Å². The molecule has 10 heavy (non-hydrogen) atoms. The Balaban J connectivity index is 2.22. The summed E-state index contributed by atoms with van der Waals surface area (Å²) in [4.78, 5) is 2.44.